The fourth-order valence-corrected chi connectivity index (χ4v) is 3.90. The molecular weight excluding hydrogens is 292 g/mol. The van der Waals surface area contributed by atoms with Crippen LogP contribution in [-0.2, 0) is 14.8 Å². The Morgan fingerprint density at radius 2 is 1.81 bits per heavy atom. The van der Waals surface area contributed by atoms with Crippen molar-refractivity contribution in [1.29, 1.82) is 0 Å². The Bertz CT molecular complexity index is 564. The average Bonchev–Trinajstić information content (AvgIpc) is 2.57. The van der Waals surface area contributed by atoms with Gasteiger partial charge in [-0.3, -0.25) is 0 Å². The molecule has 0 aliphatic carbocycles. The monoisotopic (exact) mass is 312 g/mol. The normalized spacial score (nSPS) is 21.4. The van der Waals surface area contributed by atoms with Crippen molar-refractivity contribution in [3.8, 4) is 0 Å². The third-order valence-corrected chi connectivity index (χ3v) is 5.65. The second-order valence-corrected chi connectivity index (χ2v) is 7.04. The van der Waals surface area contributed by atoms with Gasteiger partial charge in [0.25, 0.3) is 0 Å². The topological polar surface area (TPSA) is 74.8 Å². The number of pyridine rings is 1. The van der Waals surface area contributed by atoms with E-state index in [1.165, 1.54) is 10.5 Å². The minimum atomic E-state index is -3.45. The molecule has 0 unspecified atom stereocenters. The van der Waals surface area contributed by atoms with Crippen molar-refractivity contribution in [2.45, 2.75) is 4.90 Å². The van der Waals surface area contributed by atoms with Gasteiger partial charge in [0.05, 0.1) is 13.2 Å². The Morgan fingerprint density at radius 3 is 2.43 bits per heavy atom. The minimum Gasteiger partial charge on any atom is -0.379 e. The SMILES string of the molecule is O=S(=O)(c1ccc(N2CCNCC2)nc1)N1CCOCC1. The van der Waals surface area contributed by atoms with Crippen LogP contribution in [0.5, 0.6) is 0 Å². The van der Waals surface area contributed by atoms with E-state index in [1.807, 2.05) is 0 Å². The predicted octanol–water partition coefficient (Wildman–Crippen LogP) is -0.488. The minimum absolute atomic E-state index is 0.253. The summed E-state index contributed by atoms with van der Waals surface area (Å²) in [6.45, 7) is 5.34. The van der Waals surface area contributed by atoms with Gasteiger partial charge in [0, 0.05) is 45.5 Å². The van der Waals surface area contributed by atoms with Crippen molar-refractivity contribution in [2.75, 3.05) is 57.4 Å². The van der Waals surface area contributed by atoms with Crippen molar-refractivity contribution in [2.24, 2.45) is 0 Å². The van der Waals surface area contributed by atoms with Crippen LogP contribution in [0.2, 0.25) is 0 Å². The number of rotatable bonds is 3. The van der Waals surface area contributed by atoms with Crippen LogP contribution in [-0.4, -0.2) is 70.2 Å². The molecule has 1 N–H and O–H groups in total. The van der Waals surface area contributed by atoms with Gasteiger partial charge in [0.2, 0.25) is 10.0 Å². The highest BCUT2D eigenvalue weighted by Gasteiger charge is 2.26. The molecular formula is C13H20N4O3S. The Labute approximate surface area is 125 Å². The van der Waals surface area contributed by atoms with Crippen LogP contribution in [0.15, 0.2) is 23.2 Å². The maximum Gasteiger partial charge on any atom is 0.244 e. The van der Waals surface area contributed by atoms with E-state index < -0.39 is 10.0 Å². The lowest BCUT2D eigenvalue weighted by Crippen LogP contribution is -2.44. The van der Waals surface area contributed by atoms with Crippen molar-refractivity contribution < 1.29 is 13.2 Å². The summed E-state index contributed by atoms with van der Waals surface area (Å²) in [4.78, 5) is 6.73. The third kappa shape index (κ3) is 3.18. The summed E-state index contributed by atoms with van der Waals surface area (Å²) in [6, 6.07) is 3.44. The van der Waals surface area contributed by atoms with Crippen LogP contribution < -0.4 is 10.2 Å². The number of anilines is 1. The number of morpholine rings is 1. The van der Waals surface area contributed by atoms with E-state index in [9.17, 15) is 8.42 Å². The number of sulfonamides is 1. The lowest BCUT2D eigenvalue weighted by molar-refractivity contribution is 0.0730. The molecule has 1 aromatic heterocycles. The van der Waals surface area contributed by atoms with Crippen LogP contribution in [0.1, 0.15) is 0 Å². The maximum atomic E-state index is 12.5. The second-order valence-electron chi connectivity index (χ2n) is 5.11. The number of hydrogen-bond donors (Lipinski definition) is 1. The fourth-order valence-electron chi connectivity index (χ4n) is 2.54. The maximum absolute atomic E-state index is 12.5. The third-order valence-electron chi connectivity index (χ3n) is 3.77. The summed E-state index contributed by atoms with van der Waals surface area (Å²) >= 11 is 0. The molecule has 0 radical (unpaired) electrons. The lowest BCUT2D eigenvalue weighted by atomic mass is 10.3. The highest BCUT2D eigenvalue weighted by molar-refractivity contribution is 7.89. The van der Waals surface area contributed by atoms with E-state index >= 15 is 0 Å². The molecule has 116 valence electrons. The van der Waals surface area contributed by atoms with E-state index in [-0.39, 0.29) is 4.90 Å². The number of piperazine rings is 1. The van der Waals surface area contributed by atoms with Gasteiger partial charge in [0.1, 0.15) is 10.7 Å². The summed E-state index contributed by atoms with van der Waals surface area (Å²) in [6.07, 6.45) is 1.46. The van der Waals surface area contributed by atoms with E-state index in [1.54, 1.807) is 12.1 Å². The van der Waals surface area contributed by atoms with Gasteiger partial charge < -0.3 is 15.0 Å². The first-order valence-electron chi connectivity index (χ1n) is 7.17. The highest BCUT2D eigenvalue weighted by Crippen LogP contribution is 2.19. The van der Waals surface area contributed by atoms with Gasteiger partial charge >= 0.3 is 0 Å². The molecule has 0 atom stereocenters. The summed E-state index contributed by atoms with van der Waals surface area (Å²) in [5.41, 5.74) is 0. The highest BCUT2D eigenvalue weighted by atomic mass is 32.2. The number of aromatic nitrogens is 1. The first-order chi connectivity index (χ1) is 10.2. The van der Waals surface area contributed by atoms with Gasteiger partial charge in [-0.1, -0.05) is 0 Å². The molecule has 3 rings (SSSR count). The van der Waals surface area contributed by atoms with Crippen LogP contribution in [0.3, 0.4) is 0 Å². The molecule has 0 bridgehead atoms. The predicted molar refractivity (Wildman–Crippen MR) is 78.9 cm³/mol. The Balaban J connectivity index is 1.76. The van der Waals surface area contributed by atoms with Crippen LogP contribution in [0, 0.1) is 0 Å². The zero-order chi connectivity index (χ0) is 14.7. The first-order valence-corrected chi connectivity index (χ1v) is 8.61. The Kier molecular flexibility index (Phi) is 4.39. The van der Waals surface area contributed by atoms with Crippen LogP contribution in [0.25, 0.3) is 0 Å². The number of ether oxygens (including phenoxy) is 1. The van der Waals surface area contributed by atoms with Gasteiger partial charge in [-0.25, -0.2) is 13.4 Å². The average molecular weight is 312 g/mol. The van der Waals surface area contributed by atoms with Crippen molar-refractivity contribution in [1.82, 2.24) is 14.6 Å². The summed E-state index contributed by atoms with van der Waals surface area (Å²) in [7, 11) is -3.45. The smallest absolute Gasteiger partial charge is 0.244 e. The van der Waals surface area contributed by atoms with E-state index in [2.05, 4.69) is 15.2 Å². The molecule has 0 saturated carbocycles. The second kappa shape index (κ2) is 6.27. The largest absolute Gasteiger partial charge is 0.379 e. The first kappa shape index (κ1) is 14.7. The molecule has 21 heavy (non-hydrogen) atoms. The molecule has 1 aromatic rings. The van der Waals surface area contributed by atoms with Gasteiger partial charge in [0.15, 0.2) is 0 Å². The van der Waals surface area contributed by atoms with E-state index in [0.29, 0.717) is 26.3 Å². The fraction of sp³-hybridized carbons (Fsp3) is 0.615. The summed E-state index contributed by atoms with van der Waals surface area (Å²) in [5.74, 6) is 0.831. The summed E-state index contributed by atoms with van der Waals surface area (Å²) in [5, 5.41) is 3.28. The van der Waals surface area contributed by atoms with E-state index in [0.717, 1.165) is 32.0 Å². The number of nitrogens with zero attached hydrogens (tertiary/aromatic N) is 3. The van der Waals surface area contributed by atoms with Crippen LogP contribution in [0.4, 0.5) is 5.82 Å². The van der Waals surface area contributed by atoms with Gasteiger partial charge in [-0.15, -0.1) is 0 Å². The van der Waals surface area contributed by atoms with Crippen molar-refractivity contribution >= 4 is 15.8 Å². The van der Waals surface area contributed by atoms with Gasteiger partial charge in [-0.2, -0.15) is 4.31 Å². The van der Waals surface area contributed by atoms with E-state index in [4.69, 9.17) is 4.74 Å². The number of nitrogens with one attached hydrogen (secondary N) is 1. The molecule has 8 heteroatoms. The summed E-state index contributed by atoms with van der Waals surface area (Å²) < 4.78 is 31.6. The Morgan fingerprint density at radius 1 is 1.10 bits per heavy atom. The zero-order valence-corrected chi connectivity index (χ0v) is 12.7. The quantitative estimate of drug-likeness (QED) is 0.812. The molecule has 2 saturated heterocycles. The molecule has 7 nitrogen and oxygen atoms in total. The molecule has 2 aliphatic heterocycles. The van der Waals surface area contributed by atoms with Crippen molar-refractivity contribution in [3.63, 3.8) is 0 Å². The zero-order valence-electron chi connectivity index (χ0n) is 11.9. The molecule has 2 aliphatic rings. The Hall–Kier alpha value is -1.22. The van der Waals surface area contributed by atoms with Gasteiger partial charge in [-0.05, 0) is 12.1 Å². The molecule has 2 fully saturated rings. The van der Waals surface area contributed by atoms with Crippen molar-refractivity contribution in [3.05, 3.63) is 18.3 Å². The number of hydrogen-bond acceptors (Lipinski definition) is 6. The van der Waals surface area contributed by atoms with Crippen LogP contribution >= 0.6 is 0 Å². The standard InChI is InChI=1S/C13H20N4O3S/c18-21(19,17-7-9-20-10-8-17)12-1-2-13(15-11-12)16-5-3-14-4-6-16/h1-2,11,14H,3-10H2. The molecule has 3 heterocycles. The molecule has 0 amide bonds. The molecule has 0 aromatic carbocycles. The lowest BCUT2D eigenvalue weighted by Gasteiger charge is -2.29. The molecule has 0 spiro atoms.